The average Bonchev–Trinajstić information content (AvgIpc) is 2.88. The molecule has 2 aromatic heterocycles. The molecule has 0 bridgehead atoms. The molecule has 1 N–H and O–H groups in total. The van der Waals surface area contributed by atoms with Crippen LogP contribution in [-0.4, -0.2) is 9.38 Å². The second kappa shape index (κ2) is 5.33. The minimum absolute atomic E-state index is 0.590. The predicted octanol–water partition coefficient (Wildman–Crippen LogP) is 3.65. The molecule has 2 heterocycles. The van der Waals surface area contributed by atoms with Gasteiger partial charge in [-0.05, 0) is 12.5 Å². The maximum atomic E-state index is 6.18. The van der Waals surface area contributed by atoms with Gasteiger partial charge >= 0.3 is 0 Å². The lowest BCUT2D eigenvalue weighted by Gasteiger charge is -2.04. The number of imidazole rings is 1. The van der Waals surface area contributed by atoms with Gasteiger partial charge in [-0.15, -0.1) is 11.3 Å². The number of benzene rings is 1. The van der Waals surface area contributed by atoms with Crippen LogP contribution in [0.2, 0.25) is 5.15 Å². The minimum atomic E-state index is 0.590. The van der Waals surface area contributed by atoms with E-state index in [1.165, 1.54) is 10.4 Å². The van der Waals surface area contributed by atoms with Crippen molar-refractivity contribution in [3.8, 4) is 0 Å². The molecule has 0 amide bonds. The predicted molar refractivity (Wildman–Crippen MR) is 79.8 cm³/mol. The Balaban J connectivity index is 1.73. The van der Waals surface area contributed by atoms with Gasteiger partial charge in [0, 0.05) is 24.2 Å². The quantitative estimate of drug-likeness (QED) is 0.795. The van der Waals surface area contributed by atoms with Gasteiger partial charge in [-0.1, -0.05) is 41.9 Å². The largest absolute Gasteiger partial charge is 0.307 e. The highest BCUT2D eigenvalue weighted by Crippen LogP contribution is 2.23. The Hall–Kier alpha value is -1.36. The lowest BCUT2D eigenvalue weighted by atomic mass is 10.2. The molecule has 3 rings (SSSR count). The van der Waals surface area contributed by atoms with Crippen molar-refractivity contribution in [3.05, 3.63) is 57.8 Å². The topological polar surface area (TPSA) is 29.3 Å². The lowest BCUT2D eigenvalue weighted by molar-refractivity contribution is 0.676. The van der Waals surface area contributed by atoms with Crippen LogP contribution in [0.1, 0.15) is 16.1 Å². The summed E-state index contributed by atoms with van der Waals surface area (Å²) < 4.78 is 2.07. The van der Waals surface area contributed by atoms with Gasteiger partial charge in [0.15, 0.2) is 10.1 Å². The van der Waals surface area contributed by atoms with E-state index in [0.717, 1.165) is 17.2 Å². The second-order valence-corrected chi connectivity index (χ2v) is 6.00. The van der Waals surface area contributed by atoms with E-state index in [1.54, 1.807) is 11.3 Å². The van der Waals surface area contributed by atoms with Crippen LogP contribution >= 0.6 is 22.9 Å². The van der Waals surface area contributed by atoms with Crippen LogP contribution in [0.4, 0.5) is 0 Å². The fraction of sp³-hybridized carbons (Fsp3) is 0.214. The van der Waals surface area contributed by atoms with Gasteiger partial charge in [-0.25, -0.2) is 4.98 Å². The molecule has 0 radical (unpaired) electrons. The number of nitrogens with zero attached hydrogens (tertiary/aromatic N) is 2. The van der Waals surface area contributed by atoms with Gasteiger partial charge in [0.2, 0.25) is 0 Å². The molecule has 0 fully saturated rings. The molecule has 0 spiro atoms. The Labute approximate surface area is 120 Å². The van der Waals surface area contributed by atoms with Crippen LogP contribution in [-0.2, 0) is 13.1 Å². The van der Waals surface area contributed by atoms with Crippen LogP contribution in [0.15, 0.2) is 36.5 Å². The van der Waals surface area contributed by atoms with Crippen molar-refractivity contribution >= 4 is 27.9 Å². The van der Waals surface area contributed by atoms with E-state index < -0.39 is 0 Å². The Morgan fingerprint density at radius 3 is 2.84 bits per heavy atom. The summed E-state index contributed by atoms with van der Waals surface area (Å²) in [6, 6.07) is 10.3. The highest BCUT2D eigenvalue weighted by molar-refractivity contribution is 7.17. The van der Waals surface area contributed by atoms with Gasteiger partial charge < -0.3 is 5.32 Å². The Morgan fingerprint density at radius 2 is 2.05 bits per heavy atom. The van der Waals surface area contributed by atoms with E-state index in [0.29, 0.717) is 11.7 Å². The van der Waals surface area contributed by atoms with Gasteiger partial charge in [-0.3, -0.25) is 4.40 Å². The maximum absolute atomic E-state index is 6.18. The summed E-state index contributed by atoms with van der Waals surface area (Å²) in [7, 11) is 0. The molecule has 3 nitrogen and oxygen atoms in total. The van der Waals surface area contributed by atoms with Crippen LogP contribution < -0.4 is 5.32 Å². The number of fused-ring (bicyclic) bond motifs is 1. The standard InChI is InChI=1S/C14H14ClN3S/c1-10-9-18-12(13(15)17-14(18)19-10)8-16-7-11-5-3-2-4-6-11/h2-6,9,16H,7-8H2,1H3. The lowest BCUT2D eigenvalue weighted by Crippen LogP contribution is -2.14. The molecule has 0 aliphatic rings. The third kappa shape index (κ3) is 2.66. The molecule has 98 valence electrons. The van der Waals surface area contributed by atoms with Crippen LogP contribution in [0, 0.1) is 6.92 Å². The zero-order valence-corrected chi connectivity index (χ0v) is 12.1. The number of rotatable bonds is 4. The molecule has 0 atom stereocenters. The van der Waals surface area contributed by atoms with E-state index in [1.807, 2.05) is 18.2 Å². The van der Waals surface area contributed by atoms with Crippen molar-refractivity contribution in [2.45, 2.75) is 20.0 Å². The fourth-order valence-electron chi connectivity index (χ4n) is 2.05. The Morgan fingerprint density at radius 1 is 1.26 bits per heavy atom. The van der Waals surface area contributed by atoms with Crippen molar-refractivity contribution in [1.29, 1.82) is 0 Å². The van der Waals surface area contributed by atoms with Gasteiger partial charge in [0.05, 0.1) is 5.69 Å². The van der Waals surface area contributed by atoms with Crippen LogP contribution in [0.3, 0.4) is 0 Å². The van der Waals surface area contributed by atoms with Crippen LogP contribution in [0.5, 0.6) is 0 Å². The third-order valence-corrected chi connectivity index (χ3v) is 4.16. The monoisotopic (exact) mass is 291 g/mol. The summed E-state index contributed by atoms with van der Waals surface area (Å²) in [6.45, 7) is 3.62. The van der Waals surface area contributed by atoms with Crippen molar-refractivity contribution in [3.63, 3.8) is 0 Å². The van der Waals surface area contributed by atoms with Crippen molar-refractivity contribution in [1.82, 2.24) is 14.7 Å². The fourth-order valence-corrected chi connectivity index (χ4v) is 3.19. The third-order valence-electron chi connectivity index (χ3n) is 2.96. The molecular formula is C14H14ClN3S. The molecule has 5 heteroatoms. The highest BCUT2D eigenvalue weighted by Gasteiger charge is 2.11. The average molecular weight is 292 g/mol. The van der Waals surface area contributed by atoms with E-state index in [4.69, 9.17) is 11.6 Å². The van der Waals surface area contributed by atoms with Crippen LogP contribution in [0.25, 0.3) is 4.96 Å². The Bertz CT molecular complexity index is 687. The number of hydrogen-bond acceptors (Lipinski definition) is 3. The molecule has 0 aliphatic carbocycles. The summed E-state index contributed by atoms with van der Waals surface area (Å²) >= 11 is 7.83. The molecule has 0 saturated carbocycles. The van der Waals surface area contributed by atoms with Gasteiger partial charge in [0.25, 0.3) is 0 Å². The normalized spacial score (nSPS) is 11.3. The first-order chi connectivity index (χ1) is 9.24. The molecular weight excluding hydrogens is 278 g/mol. The molecule has 19 heavy (non-hydrogen) atoms. The SMILES string of the molecule is Cc1cn2c(CNCc3ccccc3)c(Cl)nc2s1. The van der Waals surface area contributed by atoms with Gasteiger partial charge in [-0.2, -0.15) is 0 Å². The number of aromatic nitrogens is 2. The van der Waals surface area contributed by atoms with Crippen molar-refractivity contribution < 1.29 is 0 Å². The van der Waals surface area contributed by atoms with E-state index >= 15 is 0 Å². The second-order valence-electron chi connectivity index (χ2n) is 4.43. The first-order valence-corrected chi connectivity index (χ1v) is 7.31. The van der Waals surface area contributed by atoms with E-state index in [9.17, 15) is 0 Å². The first kappa shape index (κ1) is 12.7. The molecule has 1 aromatic carbocycles. The summed E-state index contributed by atoms with van der Waals surface area (Å²) in [5.74, 6) is 0. The number of hydrogen-bond donors (Lipinski definition) is 1. The molecule has 0 saturated heterocycles. The zero-order chi connectivity index (χ0) is 13.2. The Kier molecular flexibility index (Phi) is 3.55. The number of thiazole rings is 1. The number of aryl methyl sites for hydroxylation is 1. The van der Waals surface area contributed by atoms with Crippen molar-refractivity contribution in [2.24, 2.45) is 0 Å². The van der Waals surface area contributed by atoms with Gasteiger partial charge in [0.1, 0.15) is 0 Å². The highest BCUT2D eigenvalue weighted by atomic mass is 35.5. The summed E-state index contributed by atoms with van der Waals surface area (Å²) in [6.07, 6.45) is 2.08. The smallest absolute Gasteiger partial charge is 0.195 e. The first-order valence-electron chi connectivity index (χ1n) is 6.11. The summed E-state index contributed by atoms with van der Waals surface area (Å²) in [4.78, 5) is 6.56. The summed E-state index contributed by atoms with van der Waals surface area (Å²) in [5, 5.41) is 4.00. The molecule has 3 aromatic rings. The molecule has 0 aliphatic heterocycles. The number of halogens is 1. The maximum Gasteiger partial charge on any atom is 0.195 e. The number of nitrogens with one attached hydrogen (secondary N) is 1. The van der Waals surface area contributed by atoms with E-state index in [-0.39, 0.29) is 0 Å². The zero-order valence-electron chi connectivity index (χ0n) is 10.6. The summed E-state index contributed by atoms with van der Waals surface area (Å²) in [5.41, 5.74) is 2.29. The molecule has 0 unspecified atom stereocenters. The van der Waals surface area contributed by atoms with Crippen molar-refractivity contribution in [2.75, 3.05) is 0 Å². The van der Waals surface area contributed by atoms with E-state index in [2.05, 4.69) is 40.0 Å². The minimum Gasteiger partial charge on any atom is -0.307 e.